The molecule has 0 amide bonds. The van der Waals surface area contributed by atoms with Crippen LogP contribution in [0.2, 0.25) is 6.32 Å². The number of hydrogen-bond acceptors (Lipinski definition) is 4. The molecular weight excluding hydrogens is 315 g/mol. The Morgan fingerprint density at radius 2 is 1.96 bits per heavy atom. The SMILES string of the molecule is COc1ccc(-c2cccc([C@H]3COB(O)C3)c2)cc1OCC1CC1. The molecule has 2 aromatic rings. The van der Waals surface area contributed by atoms with Crippen molar-refractivity contribution in [1.29, 1.82) is 0 Å². The van der Waals surface area contributed by atoms with Gasteiger partial charge in [0.25, 0.3) is 0 Å². The molecule has 1 aliphatic heterocycles. The van der Waals surface area contributed by atoms with Crippen molar-refractivity contribution in [3.8, 4) is 22.6 Å². The maximum absolute atomic E-state index is 9.60. The van der Waals surface area contributed by atoms with E-state index in [1.54, 1.807) is 7.11 Å². The monoisotopic (exact) mass is 338 g/mol. The van der Waals surface area contributed by atoms with Crippen molar-refractivity contribution in [2.75, 3.05) is 20.3 Å². The van der Waals surface area contributed by atoms with E-state index in [1.807, 2.05) is 6.07 Å². The quantitative estimate of drug-likeness (QED) is 0.815. The second kappa shape index (κ2) is 7.10. The highest BCUT2D eigenvalue weighted by Gasteiger charge is 2.29. The fourth-order valence-electron chi connectivity index (χ4n) is 3.27. The van der Waals surface area contributed by atoms with Gasteiger partial charge in [0, 0.05) is 12.5 Å². The molecule has 1 aliphatic carbocycles. The molecule has 130 valence electrons. The first-order valence-corrected chi connectivity index (χ1v) is 8.94. The van der Waals surface area contributed by atoms with E-state index in [9.17, 15) is 5.02 Å². The summed E-state index contributed by atoms with van der Waals surface area (Å²) in [5.41, 5.74) is 3.44. The van der Waals surface area contributed by atoms with E-state index < -0.39 is 7.12 Å². The third-order valence-corrected chi connectivity index (χ3v) is 5.00. The van der Waals surface area contributed by atoms with E-state index in [-0.39, 0.29) is 5.92 Å². The normalized spacial score (nSPS) is 19.9. The Balaban J connectivity index is 1.58. The lowest BCUT2D eigenvalue weighted by Gasteiger charge is -2.14. The van der Waals surface area contributed by atoms with Gasteiger partial charge in [-0.1, -0.05) is 30.3 Å². The second-order valence-corrected chi connectivity index (χ2v) is 6.97. The predicted molar refractivity (Wildman–Crippen MR) is 98.1 cm³/mol. The van der Waals surface area contributed by atoms with Crippen molar-refractivity contribution in [3.63, 3.8) is 0 Å². The fourth-order valence-corrected chi connectivity index (χ4v) is 3.27. The van der Waals surface area contributed by atoms with Crippen LogP contribution in [0.4, 0.5) is 0 Å². The molecule has 1 saturated heterocycles. The molecular formula is C20H23BO4. The minimum Gasteiger partial charge on any atom is -0.493 e. The summed E-state index contributed by atoms with van der Waals surface area (Å²) in [4.78, 5) is 0. The van der Waals surface area contributed by atoms with Crippen LogP contribution in [0.25, 0.3) is 11.1 Å². The van der Waals surface area contributed by atoms with Crippen molar-refractivity contribution >= 4 is 7.12 Å². The van der Waals surface area contributed by atoms with Gasteiger partial charge in [-0.05, 0) is 53.9 Å². The van der Waals surface area contributed by atoms with E-state index in [0.717, 1.165) is 29.2 Å². The van der Waals surface area contributed by atoms with E-state index in [4.69, 9.17) is 14.1 Å². The maximum atomic E-state index is 9.60. The van der Waals surface area contributed by atoms with Gasteiger partial charge >= 0.3 is 7.12 Å². The lowest BCUT2D eigenvalue weighted by Crippen LogP contribution is -2.07. The molecule has 0 unspecified atom stereocenters. The van der Waals surface area contributed by atoms with E-state index >= 15 is 0 Å². The average Bonchev–Trinajstić information content (AvgIpc) is 3.38. The highest BCUT2D eigenvalue weighted by atomic mass is 16.5. The molecule has 0 radical (unpaired) electrons. The first-order valence-electron chi connectivity index (χ1n) is 8.94. The van der Waals surface area contributed by atoms with Crippen LogP contribution in [0.3, 0.4) is 0 Å². The molecule has 2 fully saturated rings. The lowest BCUT2D eigenvalue weighted by atomic mass is 9.79. The summed E-state index contributed by atoms with van der Waals surface area (Å²) in [6, 6.07) is 14.5. The summed E-state index contributed by atoms with van der Waals surface area (Å²) in [5, 5.41) is 9.60. The molecule has 1 N–H and O–H groups in total. The standard InChI is InChI=1S/C20H23BO4/c1-23-19-8-7-17(10-20(19)24-12-14-5-6-14)15-3-2-4-16(9-15)18-11-21(22)25-13-18/h2-4,7-10,14,18,22H,5-6,11-13H2,1H3/t18-/m1/s1. The van der Waals surface area contributed by atoms with E-state index in [1.165, 1.54) is 18.4 Å². The molecule has 1 atom stereocenters. The molecule has 0 spiro atoms. The van der Waals surface area contributed by atoms with Crippen molar-refractivity contribution in [2.45, 2.75) is 25.1 Å². The molecule has 5 heteroatoms. The molecule has 0 aromatic heterocycles. The molecule has 1 heterocycles. The zero-order valence-corrected chi connectivity index (χ0v) is 14.5. The summed E-state index contributed by atoms with van der Waals surface area (Å²) < 4.78 is 16.7. The summed E-state index contributed by atoms with van der Waals surface area (Å²) in [7, 11) is 1.03. The summed E-state index contributed by atoms with van der Waals surface area (Å²) in [6.07, 6.45) is 3.18. The summed E-state index contributed by atoms with van der Waals surface area (Å²) >= 11 is 0. The lowest BCUT2D eigenvalue weighted by molar-refractivity contribution is 0.280. The zero-order valence-electron chi connectivity index (χ0n) is 14.5. The summed E-state index contributed by atoms with van der Waals surface area (Å²) in [6.45, 7) is 1.33. The van der Waals surface area contributed by atoms with Crippen LogP contribution in [0.1, 0.15) is 24.3 Å². The number of methoxy groups -OCH3 is 1. The Hall–Kier alpha value is -1.98. The molecule has 2 aliphatic rings. The van der Waals surface area contributed by atoms with Crippen LogP contribution < -0.4 is 9.47 Å². The Labute approximate surface area is 148 Å². The third-order valence-electron chi connectivity index (χ3n) is 5.00. The third kappa shape index (κ3) is 3.83. The largest absolute Gasteiger partial charge is 0.493 e. The Morgan fingerprint density at radius 1 is 1.12 bits per heavy atom. The number of hydrogen-bond donors (Lipinski definition) is 1. The van der Waals surface area contributed by atoms with Crippen molar-refractivity contribution in [2.24, 2.45) is 5.92 Å². The van der Waals surface area contributed by atoms with Crippen LogP contribution in [0.5, 0.6) is 11.5 Å². The Kier molecular flexibility index (Phi) is 4.68. The number of benzene rings is 2. The first-order chi connectivity index (χ1) is 12.2. The van der Waals surface area contributed by atoms with Crippen LogP contribution in [0.15, 0.2) is 42.5 Å². The highest BCUT2D eigenvalue weighted by molar-refractivity contribution is 6.43. The molecule has 2 aromatic carbocycles. The van der Waals surface area contributed by atoms with Gasteiger partial charge in [-0.3, -0.25) is 0 Å². The first kappa shape index (κ1) is 16.5. The van der Waals surface area contributed by atoms with Gasteiger partial charge in [0.05, 0.1) is 13.7 Å². The topological polar surface area (TPSA) is 47.9 Å². The van der Waals surface area contributed by atoms with Crippen LogP contribution in [-0.2, 0) is 4.65 Å². The molecule has 0 bridgehead atoms. The van der Waals surface area contributed by atoms with Crippen molar-refractivity contribution in [1.82, 2.24) is 0 Å². The minimum atomic E-state index is -0.642. The Bertz CT molecular complexity index is 744. The molecule has 4 rings (SSSR count). The number of rotatable bonds is 6. The van der Waals surface area contributed by atoms with E-state index in [0.29, 0.717) is 18.8 Å². The van der Waals surface area contributed by atoms with Gasteiger partial charge in [0.15, 0.2) is 11.5 Å². The van der Waals surface area contributed by atoms with Gasteiger partial charge in [-0.25, -0.2) is 0 Å². The minimum absolute atomic E-state index is 0.249. The van der Waals surface area contributed by atoms with Crippen LogP contribution in [0, 0.1) is 5.92 Å². The van der Waals surface area contributed by atoms with Gasteiger partial charge in [-0.2, -0.15) is 0 Å². The van der Waals surface area contributed by atoms with Gasteiger partial charge in [0.2, 0.25) is 0 Å². The Morgan fingerprint density at radius 3 is 2.68 bits per heavy atom. The van der Waals surface area contributed by atoms with Gasteiger partial charge in [0.1, 0.15) is 0 Å². The highest BCUT2D eigenvalue weighted by Crippen LogP contribution is 2.36. The maximum Gasteiger partial charge on any atom is 0.454 e. The predicted octanol–water partition coefficient (Wildman–Crippen LogP) is 3.75. The van der Waals surface area contributed by atoms with Gasteiger partial charge in [-0.15, -0.1) is 0 Å². The van der Waals surface area contributed by atoms with Crippen molar-refractivity contribution in [3.05, 3.63) is 48.0 Å². The van der Waals surface area contributed by atoms with E-state index in [2.05, 4.69) is 36.4 Å². The fraction of sp³-hybridized carbons (Fsp3) is 0.400. The zero-order chi connectivity index (χ0) is 17.2. The second-order valence-electron chi connectivity index (χ2n) is 6.97. The van der Waals surface area contributed by atoms with Crippen LogP contribution >= 0.6 is 0 Å². The average molecular weight is 338 g/mol. The van der Waals surface area contributed by atoms with Crippen LogP contribution in [-0.4, -0.2) is 32.5 Å². The van der Waals surface area contributed by atoms with Gasteiger partial charge < -0.3 is 19.2 Å². The molecule has 25 heavy (non-hydrogen) atoms. The van der Waals surface area contributed by atoms with Crippen molar-refractivity contribution < 1.29 is 19.2 Å². The smallest absolute Gasteiger partial charge is 0.454 e. The molecule has 4 nitrogen and oxygen atoms in total. The summed E-state index contributed by atoms with van der Waals surface area (Å²) in [5.74, 6) is 2.52. The molecule has 1 saturated carbocycles. The number of ether oxygens (including phenoxy) is 2.